The Morgan fingerprint density at radius 1 is 1.29 bits per heavy atom. The van der Waals surface area contributed by atoms with Gasteiger partial charge in [0.25, 0.3) is 0 Å². The van der Waals surface area contributed by atoms with Crippen LogP contribution in [0.2, 0.25) is 0 Å². The molecule has 0 spiro atoms. The smallest absolute Gasteiger partial charge is 0.238 e. The van der Waals surface area contributed by atoms with Gasteiger partial charge in [-0.25, -0.2) is 9.38 Å². The summed E-state index contributed by atoms with van der Waals surface area (Å²) in [7, 11) is 0. The molecule has 162 valence electrons. The van der Waals surface area contributed by atoms with E-state index in [4.69, 9.17) is 4.74 Å². The first kappa shape index (κ1) is 22.6. The number of amidine groups is 1. The van der Waals surface area contributed by atoms with E-state index in [0.29, 0.717) is 23.1 Å². The molecule has 3 rings (SSSR count). The summed E-state index contributed by atoms with van der Waals surface area (Å²) in [6.45, 7) is 6.62. The lowest BCUT2D eigenvalue weighted by atomic mass is 10.2. The van der Waals surface area contributed by atoms with Gasteiger partial charge in [-0.3, -0.25) is 14.5 Å². The largest absolute Gasteiger partial charge is 0.494 e. The quantitative estimate of drug-likeness (QED) is 0.600. The lowest BCUT2D eigenvalue weighted by Crippen LogP contribution is -2.45. The van der Waals surface area contributed by atoms with Crippen LogP contribution >= 0.6 is 11.8 Å². The molecule has 0 saturated carbocycles. The Labute approximate surface area is 185 Å². The lowest BCUT2D eigenvalue weighted by molar-refractivity contribution is -0.129. The predicted molar refractivity (Wildman–Crippen MR) is 122 cm³/mol. The number of thioether (sulfide) groups is 1. The van der Waals surface area contributed by atoms with Crippen LogP contribution in [0.5, 0.6) is 5.75 Å². The van der Waals surface area contributed by atoms with Crippen LogP contribution in [0.4, 0.5) is 15.8 Å². The van der Waals surface area contributed by atoms with E-state index in [2.05, 4.69) is 16.9 Å². The van der Waals surface area contributed by atoms with E-state index < -0.39 is 5.25 Å². The third kappa shape index (κ3) is 6.18. The molecule has 1 aliphatic rings. The number of halogens is 1. The minimum Gasteiger partial charge on any atom is -0.494 e. The van der Waals surface area contributed by atoms with Crippen molar-refractivity contribution < 1.29 is 18.7 Å². The van der Waals surface area contributed by atoms with E-state index in [9.17, 15) is 14.0 Å². The summed E-state index contributed by atoms with van der Waals surface area (Å²) in [6.07, 6.45) is 2.56. The van der Waals surface area contributed by atoms with Crippen LogP contribution in [-0.2, 0) is 9.59 Å². The summed E-state index contributed by atoms with van der Waals surface area (Å²) in [5.74, 6) is -0.146. The fourth-order valence-corrected chi connectivity index (χ4v) is 3.96. The number of anilines is 1. The van der Waals surface area contributed by atoms with Gasteiger partial charge in [0.05, 0.1) is 12.3 Å². The minimum atomic E-state index is -0.635. The molecule has 0 unspecified atom stereocenters. The fraction of sp³-hybridized carbons (Fsp3) is 0.261. The van der Waals surface area contributed by atoms with Crippen molar-refractivity contribution in [3.8, 4) is 5.75 Å². The summed E-state index contributed by atoms with van der Waals surface area (Å²) in [5.41, 5.74) is 1.11. The van der Waals surface area contributed by atoms with Crippen LogP contribution in [0, 0.1) is 5.82 Å². The van der Waals surface area contributed by atoms with Gasteiger partial charge in [0.2, 0.25) is 11.8 Å². The average Bonchev–Trinajstić information content (AvgIpc) is 2.77. The molecule has 31 heavy (non-hydrogen) atoms. The maximum atomic E-state index is 13.2. The molecule has 2 aromatic rings. The molecule has 1 fully saturated rings. The molecule has 0 aromatic heterocycles. The second kappa shape index (κ2) is 10.8. The van der Waals surface area contributed by atoms with Crippen molar-refractivity contribution >= 4 is 40.1 Å². The highest BCUT2D eigenvalue weighted by Gasteiger charge is 2.35. The van der Waals surface area contributed by atoms with Gasteiger partial charge < -0.3 is 10.1 Å². The highest BCUT2D eigenvalue weighted by molar-refractivity contribution is 8.15. The molecule has 8 heteroatoms. The van der Waals surface area contributed by atoms with E-state index in [1.54, 1.807) is 30.3 Å². The molecule has 1 atom stereocenters. The van der Waals surface area contributed by atoms with Crippen molar-refractivity contribution in [1.29, 1.82) is 0 Å². The monoisotopic (exact) mass is 441 g/mol. The number of carbonyl (C=O) groups excluding carboxylic acids is 2. The van der Waals surface area contributed by atoms with Crippen LogP contribution in [-0.4, -0.2) is 40.3 Å². The SMILES string of the molecule is C=CCN1C(=O)C[C@@H](C(=O)Nc2ccc(OCCC)cc2)SC1=Nc1ccc(F)cc1. The zero-order valence-corrected chi connectivity index (χ0v) is 18.0. The molecule has 1 heterocycles. The molecule has 1 aliphatic heterocycles. The number of ether oxygens (including phenoxy) is 1. The molecule has 1 N–H and O–H groups in total. The highest BCUT2D eigenvalue weighted by atomic mass is 32.2. The third-order valence-electron chi connectivity index (χ3n) is 4.39. The topological polar surface area (TPSA) is 71.0 Å². The molecule has 0 aliphatic carbocycles. The Bertz CT molecular complexity index is 961. The van der Waals surface area contributed by atoms with Gasteiger partial charge in [-0.05, 0) is 55.0 Å². The Morgan fingerprint density at radius 3 is 2.65 bits per heavy atom. The van der Waals surface area contributed by atoms with Crippen LogP contribution in [0.3, 0.4) is 0 Å². The van der Waals surface area contributed by atoms with Crippen molar-refractivity contribution in [2.45, 2.75) is 25.0 Å². The fourth-order valence-electron chi connectivity index (χ4n) is 2.85. The van der Waals surface area contributed by atoms with Gasteiger partial charge in [-0.15, -0.1) is 6.58 Å². The molecule has 1 saturated heterocycles. The summed E-state index contributed by atoms with van der Waals surface area (Å²) < 4.78 is 18.7. The number of nitrogens with one attached hydrogen (secondary N) is 1. The second-order valence-corrected chi connectivity index (χ2v) is 8.01. The van der Waals surface area contributed by atoms with Gasteiger partial charge in [0.15, 0.2) is 5.17 Å². The maximum absolute atomic E-state index is 13.2. The van der Waals surface area contributed by atoms with Gasteiger partial charge >= 0.3 is 0 Å². The third-order valence-corrected chi connectivity index (χ3v) is 5.58. The van der Waals surface area contributed by atoms with Crippen molar-refractivity contribution in [3.05, 3.63) is 67.0 Å². The number of hydrogen-bond donors (Lipinski definition) is 1. The maximum Gasteiger partial charge on any atom is 0.238 e. The summed E-state index contributed by atoms with van der Waals surface area (Å²) in [4.78, 5) is 31.4. The highest BCUT2D eigenvalue weighted by Crippen LogP contribution is 2.30. The Morgan fingerprint density at radius 2 is 2.00 bits per heavy atom. The van der Waals surface area contributed by atoms with E-state index in [1.165, 1.54) is 40.9 Å². The van der Waals surface area contributed by atoms with E-state index in [1.807, 2.05) is 6.92 Å². The standard InChI is InChI=1S/C23H24FN3O3S/c1-3-13-27-21(28)15-20(31-23(27)26-18-7-5-16(24)6-8-18)22(29)25-17-9-11-19(12-10-17)30-14-4-2/h3,5-12,20H,1,4,13-15H2,2H3,(H,25,29)/t20-/m0/s1. The number of carbonyl (C=O) groups is 2. The number of hydrogen-bond acceptors (Lipinski definition) is 5. The van der Waals surface area contributed by atoms with Gasteiger partial charge in [0.1, 0.15) is 16.8 Å². The molecular formula is C23H24FN3O3S. The number of amides is 2. The average molecular weight is 442 g/mol. The van der Waals surface area contributed by atoms with Crippen LogP contribution in [0.15, 0.2) is 66.2 Å². The Hall–Kier alpha value is -3.13. The van der Waals surface area contributed by atoms with Gasteiger partial charge in [-0.1, -0.05) is 24.8 Å². The van der Waals surface area contributed by atoms with Crippen LogP contribution < -0.4 is 10.1 Å². The van der Waals surface area contributed by atoms with E-state index in [0.717, 1.165) is 12.2 Å². The van der Waals surface area contributed by atoms with Crippen molar-refractivity contribution in [1.82, 2.24) is 4.90 Å². The van der Waals surface area contributed by atoms with Gasteiger partial charge in [0, 0.05) is 18.7 Å². The van der Waals surface area contributed by atoms with Crippen molar-refractivity contribution in [2.24, 2.45) is 4.99 Å². The molecule has 6 nitrogen and oxygen atoms in total. The number of nitrogens with zero attached hydrogens (tertiary/aromatic N) is 2. The zero-order chi connectivity index (χ0) is 22.2. The summed E-state index contributed by atoms with van der Waals surface area (Å²) in [6, 6.07) is 12.7. The van der Waals surface area contributed by atoms with Crippen LogP contribution in [0.1, 0.15) is 19.8 Å². The van der Waals surface area contributed by atoms with Gasteiger partial charge in [-0.2, -0.15) is 0 Å². The van der Waals surface area contributed by atoms with E-state index >= 15 is 0 Å². The second-order valence-electron chi connectivity index (χ2n) is 6.84. The lowest BCUT2D eigenvalue weighted by Gasteiger charge is -2.31. The Balaban J connectivity index is 1.73. The first-order valence-electron chi connectivity index (χ1n) is 9.96. The molecule has 0 radical (unpaired) electrons. The minimum absolute atomic E-state index is 0.0461. The molecular weight excluding hydrogens is 417 g/mol. The van der Waals surface area contributed by atoms with Crippen molar-refractivity contribution in [2.75, 3.05) is 18.5 Å². The summed E-state index contributed by atoms with van der Waals surface area (Å²) in [5, 5.41) is 2.59. The van der Waals surface area contributed by atoms with Crippen molar-refractivity contribution in [3.63, 3.8) is 0 Å². The molecule has 2 aromatic carbocycles. The Kier molecular flexibility index (Phi) is 7.83. The summed E-state index contributed by atoms with van der Waals surface area (Å²) >= 11 is 1.20. The number of rotatable bonds is 8. The number of benzene rings is 2. The number of aliphatic imine (C=N–C) groups is 1. The molecule has 0 bridgehead atoms. The predicted octanol–water partition coefficient (Wildman–Crippen LogP) is 4.76. The first-order chi connectivity index (χ1) is 15.0. The zero-order valence-electron chi connectivity index (χ0n) is 17.2. The molecule has 2 amide bonds. The first-order valence-corrected chi connectivity index (χ1v) is 10.8. The van der Waals surface area contributed by atoms with Crippen LogP contribution in [0.25, 0.3) is 0 Å². The normalized spacial score (nSPS) is 17.5. The van der Waals surface area contributed by atoms with E-state index in [-0.39, 0.29) is 30.6 Å².